The smallest absolute Gasteiger partial charge is 0.475 e. The van der Waals surface area contributed by atoms with Gasteiger partial charge in [0.1, 0.15) is 11.8 Å². The van der Waals surface area contributed by atoms with E-state index in [0.29, 0.717) is 5.92 Å². The standard InChI is InChI=1S/C25H31N5O3.C2HF3O2/c26-13-20-14-27-24(28-20)25(33)29-23-7-6-19(12-22(23)18-4-2-1-3-5-18)17-8-10-30(11-9-17)21(15-31)16-32;3-2(4,5)1(6)7/h4,6-7,12,14,17,21,31-32H,1-3,5,8-11,15-16H2,(H,27,28)(H,29,33);(H,6,7). The van der Waals surface area contributed by atoms with Gasteiger partial charge in [0.15, 0.2) is 5.82 Å². The zero-order chi connectivity index (χ0) is 29.3. The average Bonchev–Trinajstić information content (AvgIpc) is 3.44. The first-order valence-corrected chi connectivity index (χ1v) is 12.9. The van der Waals surface area contributed by atoms with Crippen molar-refractivity contribution in [3.05, 3.63) is 53.1 Å². The van der Waals surface area contributed by atoms with E-state index in [0.717, 1.165) is 56.4 Å². The Hall–Kier alpha value is -3.73. The highest BCUT2D eigenvalue weighted by Crippen LogP contribution is 2.36. The third-order valence-corrected chi connectivity index (χ3v) is 7.02. The number of aliphatic hydroxyl groups excluding tert-OH is 2. The number of aromatic amines is 1. The van der Waals surface area contributed by atoms with E-state index in [1.54, 1.807) is 0 Å². The number of alkyl halides is 3. The first kappa shape index (κ1) is 30.8. The van der Waals surface area contributed by atoms with Crippen molar-refractivity contribution in [1.82, 2.24) is 14.9 Å². The quantitative estimate of drug-likeness (QED) is 0.341. The number of amides is 1. The zero-order valence-electron chi connectivity index (χ0n) is 21.7. The van der Waals surface area contributed by atoms with Gasteiger partial charge >= 0.3 is 12.1 Å². The number of H-pyrrole nitrogens is 1. The summed E-state index contributed by atoms with van der Waals surface area (Å²) < 4.78 is 31.7. The number of anilines is 1. The number of carbonyl (C=O) groups is 2. The van der Waals surface area contributed by atoms with Crippen LogP contribution in [0, 0.1) is 11.3 Å². The SMILES string of the molecule is N#Cc1cnc(C(=O)Nc2ccc(C3CCN(C(CO)CO)CC3)cc2C2=CCCCC2)[nH]1.O=C(O)C(F)(F)F. The second-order valence-corrected chi connectivity index (χ2v) is 9.62. The molecule has 0 unspecified atom stereocenters. The Morgan fingerprint density at radius 3 is 2.40 bits per heavy atom. The minimum Gasteiger partial charge on any atom is -0.475 e. The molecule has 4 rings (SSSR count). The van der Waals surface area contributed by atoms with E-state index >= 15 is 0 Å². The first-order chi connectivity index (χ1) is 19.1. The molecule has 1 aliphatic carbocycles. The van der Waals surface area contributed by atoms with Crippen LogP contribution in [0.25, 0.3) is 5.57 Å². The van der Waals surface area contributed by atoms with Crippen LogP contribution in [-0.4, -0.2) is 80.6 Å². The fraction of sp³-hybridized carbons (Fsp3) is 0.481. The predicted molar refractivity (Wildman–Crippen MR) is 139 cm³/mol. The van der Waals surface area contributed by atoms with E-state index < -0.39 is 12.1 Å². The summed E-state index contributed by atoms with van der Waals surface area (Å²) in [5.74, 6) is -2.61. The number of allylic oxidation sites excluding steroid dienone is 2. The lowest BCUT2D eigenvalue weighted by atomic mass is 9.85. The lowest BCUT2D eigenvalue weighted by Crippen LogP contribution is -2.44. The molecule has 0 atom stereocenters. The van der Waals surface area contributed by atoms with Crippen molar-refractivity contribution in [3.8, 4) is 6.07 Å². The number of nitrogens with zero attached hydrogens (tertiary/aromatic N) is 3. The molecule has 2 aliphatic rings. The number of hydrogen-bond acceptors (Lipinski definition) is 7. The molecule has 1 aromatic heterocycles. The summed E-state index contributed by atoms with van der Waals surface area (Å²) in [6, 6.07) is 8.04. The van der Waals surface area contributed by atoms with Crippen LogP contribution in [0.4, 0.5) is 18.9 Å². The van der Waals surface area contributed by atoms with Gasteiger partial charge in [-0.3, -0.25) is 9.69 Å². The van der Waals surface area contributed by atoms with Crippen LogP contribution in [0.15, 0.2) is 30.5 Å². The molecular formula is C27H32F3N5O5. The highest BCUT2D eigenvalue weighted by atomic mass is 19.4. The van der Waals surface area contributed by atoms with Crippen LogP contribution in [0.1, 0.15) is 71.9 Å². The molecular weight excluding hydrogens is 531 g/mol. The van der Waals surface area contributed by atoms with Crippen molar-refractivity contribution in [2.24, 2.45) is 0 Å². The number of halogens is 3. The normalized spacial score (nSPS) is 16.5. The van der Waals surface area contributed by atoms with Gasteiger partial charge in [-0.05, 0) is 80.8 Å². The molecule has 2 heterocycles. The van der Waals surface area contributed by atoms with E-state index in [1.165, 1.54) is 23.8 Å². The van der Waals surface area contributed by atoms with E-state index in [4.69, 9.17) is 15.2 Å². The molecule has 1 aliphatic heterocycles. The van der Waals surface area contributed by atoms with Crippen molar-refractivity contribution in [1.29, 1.82) is 5.26 Å². The Morgan fingerprint density at radius 2 is 1.88 bits per heavy atom. The van der Waals surface area contributed by atoms with Crippen LogP contribution in [0.2, 0.25) is 0 Å². The number of imidazole rings is 1. The maximum atomic E-state index is 12.7. The fourth-order valence-electron chi connectivity index (χ4n) is 4.83. The molecule has 0 saturated carbocycles. The lowest BCUT2D eigenvalue weighted by molar-refractivity contribution is -0.192. The Labute approximate surface area is 229 Å². The van der Waals surface area contributed by atoms with Gasteiger partial charge in [0.2, 0.25) is 0 Å². The summed E-state index contributed by atoms with van der Waals surface area (Å²) in [4.78, 5) is 30.5. The lowest BCUT2D eigenvalue weighted by Gasteiger charge is -2.36. The Balaban J connectivity index is 0.000000559. The molecule has 1 aromatic carbocycles. The highest BCUT2D eigenvalue weighted by molar-refractivity contribution is 6.03. The number of nitrogens with one attached hydrogen (secondary N) is 2. The van der Waals surface area contributed by atoms with Crippen LogP contribution < -0.4 is 5.32 Å². The molecule has 5 N–H and O–H groups in total. The summed E-state index contributed by atoms with van der Waals surface area (Å²) >= 11 is 0. The van der Waals surface area contributed by atoms with Gasteiger partial charge in [0.25, 0.3) is 5.91 Å². The average molecular weight is 564 g/mol. The molecule has 40 heavy (non-hydrogen) atoms. The van der Waals surface area contributed by atoms with Gasteiger partial charge < -0.3 is 25.6 Å². The molecule has 10 nitrogen and oxygen atoms in total. The number of carboxylic acid groups (broad SMARTS) is 1. The van der Waals surface area contributed by atoms with Gasteiger partial charge in [-0.25, -0.2) is 9.78 Å². The number of carbonyl (C=O) groups excluding carboxylic acids is 1. The third-order valence-electron chi connectivity index (χ3n) is 7.02. The van der Waals surface area contributed by atoms with Crippen LogP contribution in [0.5, 0.6) is 0 Å². The van der Waals surface area contributed by atoms with Crippen LogP contribution in [0.3, 0.4) is 0 Å². The maximum Gasteiger partial charge on any atom is 0.490 e. The number of nitriles is 1. The fourth-order valence-corrected chi connectivity index (χ4v) is 4.83. The maximum absolute atomic E-state index is 12.7. The van der Waals surface area contributed by atoms with Crippen LogP contribution >= 0.6 is 0 Å². The number of likely N-dealkylation sites (tertiary alicyclic amines) is 1. The summed E-state index contributed by atoms with van der Waals surface area (Å²) in [7, 11) is 0. The highest BCUT2D eigenvalue weighted by Gasteiger charge is 2.38. The second kappa shape index (κ2) is 14.1. The molecule has 2 aromatic rings. The van der Waals surface area contributed by atoms with Crippen molar-refractivity contribution in [2.45, 2.75) is 56.7 Å². The number of aromatic nitrogens is 2. The number of benzene rings is 1. The molecule has 1 fully saturated rings. The molecule has 1 amide bonds. The van der Waals surface area contributed by atoms with E-state index in [1.807, 2.05) is 12.1 Å². The van der Waals surface area contributed by atoms with Gasteiger partial charge in [-0.15, -0.1) is 0 Å². The third kappa shape index (κ3) is 8.14. The van der Waals surface area contributed by atoms with E-state index in [9.17, 15) is 28.2 Å². The van der Waals surface area contributed by atoms with E-state index in [2.05, 4.69) is 38.4 Å². The topological polar surface area (TPSA) is 163 Å². The number of carboxylic acids is 1. The van der Waals surface area contributed by atoms with Crippen molar-refractivity contribution in [2.75, 3.05) is 31.6 Å². The Kier molecular flexibility index (Phi) is 10.8. The van der Waals surface area contributed by atoms with Crippen molar-refractivity contribution >= 4 is 23.1 Å². The second-order valence-electron chi connectivity index (χ2n) is 9.62. The van der Waals surface area contributed by atoms with Crippen LogP contribution in [-0.2, 0) is 4.79 Å². The summed E-state index contributed by atoms with van der Waals surface area (Å²) in [5, 5.41) is 38.0. The minimum absolute atomic E-state index is 0.0284. The molecule has 0 bridgehead atoms. The predicted octanol–water partition coefficient (Wildman–Crippen LogP) is 3.66. The summed E-state index contributed by atoms with van der Waals surface area (Å²) in [5.41, 5.74) is 4.57. The summed E-state index contributed by atoms with van der Waals surface area (Å²) in [6.45, 7) is 1.62. The number of rotatable bonds is 7. The van der Waals surface area contributed by atoms with Crippen molar-refractivity contribution in [3.63, 3.8) is 0 Å². The molecule has 0 radical (unpaired) electrons. The first-order valence-electron chi connectivity index (χ1n) is 12.9. The number of aliphatic carboxylic acids is 1. The molecule has 13 heteroatoms. The molecule has 1 saturated heterocycles. The van der Waals surface area contributed by atoms with Gasteiger partial charge in [-0.2, -0.15) is 18.4 Å². The van der Waals surface area contributed by atoms with E-state index in [-0.39, 0.29) is 36.7 Å². The minimum atomic E-state index is -5.08. The number of piperidine rings is 1. The van der Waals surface area contributed by atoms with Gasteiger partial charge in [0, 0.05) is 11.3 Å². The molecule has 0 spiro atoms. The Bertz CT molecular complexity index is 1240. The molecule has 216 valence electrons. The summed E-state index contributed by atoms with van der Waals surface area (Å²) in [6.07, 6.45) is 4.81. The number of aliphatic hydroxyl groups is 2. The monoisotopic (exact) mass is 563 g/mol. The zero-order valence-corrected chi connectivity index (χ0v) is 21.7. The largest absolute Gasteiger partial charge is 0.490 e. The Morgan fingerprint density at radius 1 is 1.20 bits per heavy atom. The number of hydrogen-bond donors (Lipinski definition) is 5. The van der Waals surface area contributed by atoms with Gasteiger partial charge in [-0.1, -0.05) is 12.1 Å². The van der Waals surface area contributed by atoms with Gasteiger partial charge in [0.05, 0.1) is 25.5 Å². The van der Waals surface area contributed by atoms with Crippen molar-refractivity contribution < 1.29 is 38.1 Å².